The molecule has 0 aliphatic heterocycles. The molecule has 0 radical (unpaired) electrons. The van der Waals surface area contributed by atoms with E-state index in [2.05, 4.69) is 5.32 Å². The highest BCUT2D eigenvalue weighted by molar-refractivity contribution is 6.44. The van der Waals surface area contributed by atoms with Crippen LogP contribution in [0.1, 0.15) is 15.9 Å². The van der Waals surface area contributed by atoms with Crippen LogP contribution in [0.3, 0.4) is 0 Å². The number of nitro groups is 2. The van der Waals surface area contributed by atoms with Gasteiger partial charge in [0.05, 0.1) is 42.2 Å². The van der Waals surface area contributed by atoms with Crippen LogP contribution in [-0.2, 0) is 0 Å². The van der Waals surface area contributed by atoms with Crippen molar-refractivity contribution in [1.29, 1.82) is 0 Å². The van der Waals surface area contributed by atoms with E-state index in [0.717, 1.165) is 12.1 Å². The van der Waals surface area contributed by atoms with Crippen LogP contribution < -0.4 is 5.32 Å². The highest BCUT2D eigenvalue weighted by atomic mass is 35.5. The van der Waals surface area contributed by atoms with Gasteiger partial charge in [-0.15, -0.1) is 0 Å². The second-order valence-electron chi connectivity index (χ2n) is 4.85. The number of carbonyl (C=O) groups is 1. The number of nitrogens with one attached hydrogen (secondary N) is 1. The van der Waals surface area contributed by atoms with Crippen molar-refractivity contribution in [3.05, 3.63) is 70.7 Å². The van der Waals surface area contributed by atoms with Crippen molar-refractivity contribution in [2.24, 2.45) is 0 Å². The lowest BCUT2D eigenvalue weighted by Crippen LogP contribution is -2.15. The van der Waals surface area contributed by atoms with Crippen LogP contribution in [0, 0.1) is 27.2 Å². The summed E-state index contributed by atoms with van der Waals surface area (Å²) in [6.45, 7) is 1.31. The lowest BCUT2D eigenvalue weighted by molar-refractivity contribution is -0.394. The fraction of sp³-hybridized carbons (Fsp3) is 0.0714. The van der Waals surface area contributed by atoms with Gasteiger partial charge in [0.1, 0.15) is 0 Å². The Kier molecular flexibility index (Phi) is 5.46. The van der Waals surface area contributed by atoms with Gasteiger partial charge in [-0.05, 0) is 19.1 Å². The van der Waals surface area contributed by atoms with Crippen LogP contribution in [0.15, 0.2) is 24.3 Å². The molecule has 0 saturated carbocycles. The minimum absolute atomic E-state index is 0.0238. The van der Waals surface area contributed by atoms with Crippen molar-refractivity contribution >= 4 is 57.8 Å². The number of anilines is 1. The number of amides is 1. The lowest BCUT2D eigenvalue weighted by Gasteiger charge is -2.10. The molecule has 0 fully saturated rings. The molecule has 1 amide bonds. The molecule has 0 atom stereocenters. The summed E-state index contributed by atoms with van der Waals surface area (Å²) < 4.78 is 0. The predicted octanol–water partition coefficient (Wildman–Crippen LogP) is 5.02. The number of carbonyl (C=O) groups excluding carboxylic acids is 1. The van der Waals surface area contributed by atoms with Crippen LogP contribution in [0.25, 0.3) is 0 Å². The summed E-state index contributed by atoms with van der Waals surface area (Å²) in [7, 11) is 0. The number of non-ortho nitro benzene ring substituents is 1. The molecule has 11 heteroatoms. The molecule has 25 heavy (non-hydrogen) atoms. The molecule has 1 N–H and O–H groups in total. The van der Waals surface area contributed by atoms with Crippen molar-refractivity contribution in [2.45, 2.75) is 6.92 Å². The van der Waals surface area contributed by atoms with Crippen LogP contribution in [0.4, 0.5) is 17.1 Å². The van der Waals surface area contributed by atoms with E-state index in [4.69, 9.17) is 34.8 Å². The van der Waals surface area contributed by atoms with Gasteiger partial charge in [0.15, 0.2) is 0 Å². The van der Waals surface area contributed by atoms with Crippen molar-refractivity contribution in [3.8, 4) is 0 Å². The Labute approximate surface area is 155 Å². The van der Waals surface area contributed by atoms with E-state index in [0.29, 0.717) is 0 Å². The smallest absolute Gasteiger partial charge is 0.279 e. The van der Waals surface area contributed by atoms with E-state index in [9.17, 15) is 25.0 Å². The fourth-order valence-corrected chi connectivity index (χ4v) is 2.62. The standard InChI is InChI=1S/C14H8Cl3N3O5/c1-6-8(2-7(19(22)23)3-13(6)20(24)25)14(21)18-12-5-10(16)9(15)4-11(12)17/h2-5H,1H3,(H,18,21). The molecule has 2 rings (SSSR count). The van der Waals surface area contributed by atoms with Gasteiger partial charge >= 0.3 is 0 Å². The van der Waals surface area contributed by atoms with Crippen molar-refractivity contribution in [2.75, 3.05) is 5.32 Å². The predicted molar refractivity (Wildman–Crippen MR) is 93.9 cm³/mol. The van der Waals surface area contributed by atoms with Gasteiger partial charge in [-0.1, -0.05) is 34.8 Å². The van der Waals surface area contributed by atoms with Gasteiger partial charge in [-0.25, -0.2) is 0 Å². The number of nitro benzene ring substituents is 2. The van der Waals surface area contributed by atoms with Gasteiger partial charge in [0.2, 0.25) is 0 Å². The van der Waals surface area contributed by atoms with Crippen LogP contribution in [-0.4, -0.2) is 15.8 Å². The van der Waals surface area contributed by atoms with E-state index in [1.165, 1.54) is 19.1 Å². The van der Waals surface area contributed by atoms with E-state index in [1.807, 2.05) is 0 Å². The molecule has 2 aromatic rings. The maximum Gasteiger partial charge on any atom is 0.279 e. The Hall–Kier alpha value is -2.42. The minimum Gasteiger partial charge on any atom is -0.321 e. The highest BCUT2D eigenvalue weighted by Crippen LogP contribution is 2.33. The number of nitrogens with zero attached hydrogens (tertiary/aromatic N) is 2. The normalized spacial score (nSPS) is 10.4. The molecule has 8 nitrogen and oxygen atoms in total. The fourth-order valence-electron chi connectivity index (χ4n) is 2.02. The monoisotopic (exact) mass is 403 g/mol. The Morgan fingerprint density at radius 1 is 0.960 bits per heavy atom. The Morgan fingerprint density at radius 2 is 1.56 bits per heavy atom. The second-order valence-corrected chi connectivity index (χ2v) is 6.07. The third-order valence-electron chi connectivity index (χ3n) is 3.28. The first-order chi connectivity index (χ1) is 11.6. The number of halogens is 3. The first-order valence-corrected chi connectivity index (χ1v) is 7.64. The lowest BCUT2D eigenvalue weighted by atomic mass is 10.0. The molecule has 0 aliphatic carbocycles. The third-order valence-corrected chi connectivity index (χ3v) is 4.31. The summed E-state index contributed by atoms with van der Waals surface area (Å²) >= 11 is 17.6. The average Bonchev–Trinajstić information content (AvgIpc) is 2.52. The van der Waals surface area contributed by atoms with E-state index < -0.39 is 27.1 Å². The number of benzene rings is 2. The summed E-state index contributed by atoms with van der Waals surface area (Å²) in [6, 6.07) is 4.34. The van der Waals surface area contributed by atoms with Crippen LogP contribution in [0.5, 0.6) is 0 Å². The van der Waals surface area contributed by atoms with Crippen molar-refractivity contribution in [1.82, 2.24) is 0 Å². The maximum atomic E-state index is 12.4. The Balaban J connectivity index is 2.51. The largest absolute Gasteiger partial charge is 0.321 e. The zero-order chi connectivity index (χ0) is 18.9. The summed E-state index contributed by atoms with van der Waals surface area (Å²) in [5.41, 5.74) is -1.27. The Morgan fingerprint density at radius 3 is 2.12 bits per heavy atom. The van der Waals surface area contributed by atoms with E-state index in [1.54, 1.807) is 0 Å². The van der Waals surface area contributed by atoms with E-state index >= 15 is 0 Å². The highest BCUT2D eigenvalue weighted by Gasteiger charge is 2.25. The first-order valence-electron chi connectivity index (χ1n) is 6.51. The molecule has 0 aromatic heterocycles. The van der Waals surface area contributed by atoms with Crippen LogP contribution >= 0.6 is 34.8 Å². The van der Waals surface area contributed by atoms with Crippen LogP contribution in [0.2, 0.25) is 15.1 Å². The second kappa shape index (κ2) is 7.22. The molecule has 0 bridgehead atoms. The summed E-state index contributed by atoms with van der Waals surface area (Å²) in [4.78, 5) is 32.8. The van der Waals surface area contributed by atoms with Crippen molar-refractivity contribution < 1.29 is 14.6 Å². The SMILES string of the molecule is Cc1c(C(=O)Nc2cc(Cl)c(Cl)cc2Cl)cc([N+](=O)[O-])cc1[N+](=O)[O-]. The molecule has 0 heterocycles. The van der Waals surface area contributed by atoms with E-state index in [-0.39, 0.29) is 31.9 Å². The molecular formula is C14H8Cl3N3O5. The molecule has 0 unspecified atom stereocenters. The molecule has 0 aliphatic rings. The molecule has 0 saturated heterocycles. The molecule has 130 valence electrons. The van der Waals surface area contributed by atoms with Gasteiger partial charge in [0.25, 0.3) is 17.3 Å². The summed E-state index contributed by atoms with van der Waals surface area (Å²) in [5.74, 6) is -0.815. The van der Waals surface area contributed by atoms with Gasteiger partial charge in [0, 0.05) is 11.6 Å². The molecular weight excluding hydrogens is 397 g/mol. The zero-order valence-electron chi connectivity index (χ0n) is 12.4. The van der Waals surface area contributed by atoms with Gasteiger partial charge < -0.3 is 5.32 Å². The van der Waals surface area contributed by atoms with Crippen molar-refractivity contribution in [3.63, 3.8) is 0 Å². The number of hydrogen-bond acceptors (Lipinski definition) is 5. The maximum absolute atomic E-state index is 12.4. The zero-order valence-corrected chi connectivity index (χ0v) is 14.6. The topological polar surface area (TPSA) is 115 Å². The Bertz CT molecular complexity index is 917. The molecule has 2 aromatic carbocycles. The number of rotatable bonds is 4. The summed E-state index contributed by atoms with van der Waals surface area (Å²) in [6.07, 6.45) is 0. The quantitative estimate of drug-likeness (QED) is 0.436. The van der Waals surface area contributed by atoms with Gasteiger partial charge in [-0.2, -0.15) is 0 Å². The minimum atomic E-state index is -0.824. The van der Waals surface area contributed by atoms with Gasteiger partial charge in [-0.3, -0.25) is 25.0 Å². The third kappa shape index (κ3) is 3.98. The first kappa shape index (κ1) is 18.9. The summed E-state index contributed by atoms with van der Waals surface area (Å²) in [5, 5.41) is 24.8. The molecule has 0 spiro atoms. The number of hydrogen-bond donors (Lipinski definition) is 1. The average molecular weight is 405 g/mol.